The minimum atomic E-state index is -0.133. The Morgan fingerprint density at radius 1 is 1.21 bits per heavy atom. The van der Waals surface area contributed by atoms with E-state index in [2.05, 4.69) is 15.7 Å². The fourth-order valence-electron chi connectivity index (χ4n) is 5.55. The molecule has 4 saturated carbocycles. The number of aryl methyl sites for hydroxylation is 1. The van der Waals surface area contributed by atoms with Crippen LogP contribution >= 0.6 is 0 Å². The van der Waals surface area contributed by atoms with Crippen molar-refractivity contribution in [2.75, 3.05) is 11.9 Å². The molecule has 2 amide bonds. The Morgan fingerprint density at radius 3 is 2.38 bits per heavy atom. The van der Waals surface area contributed by atoms with Crippen molar-refractivity contribution < 1.29 is 9.59 Å². The zero-order valence-corrected chi connectivity index (χ0v) is 14.3. The molecule has 0 aromatic carbocycles. The van der Waals surface area contributed by atoms with E-state index < -0.39 is 0 Å². The maximum atomic E-state index is 12.8. The van der Waals surface area contributed by atoms with E-state index in [9.17, 15) is 9.59 Å². The van der Waals surface area contributed by atoms with Gasteiger partial charge in [0.15, 0.2) is 5.82 Å². The highest BCUT2D eigenvalue weighted by atomic mass is 16.2. The van der Waals surface area contributed by atoms with Gasteiger partial charge in [-0.1, -0.05) is 0 Å². The van der Waals surface area contributed by atoms with Crippen LogP contribution in [-0.4, -0.2) is 28.1 Å². The summed E-state index contributed by atoms with van der Waals surface area (Å²) in [5.41, 5.74) is -0.133. The Hall–Kier alpha value is -1.85. The van der Waals surface area contributed by atoms with Crippen LogP contribution in [0.1, 0.15) is 44.9 Å². The number of hydrogen-bond donors (Lipinski definition) is 2. The molecule has 1 aromatic heterocycles. The molecule has 130 valence electrons. The van der Waals surface area contributed by atoms with Crippen LogP contribution in [0.4, 0.5) is 5.82 Å². The number of carbonyl (C=O) groups is 2. The number of amides is 2. The van der Waals surface area contributed by atoms with Gasteiger partial charge in [-0.25, -0.2) is 0 Å². The van der Waals surface area contributed by atoms with E-state index in [1.807, 2.05) is 0 Å². The predicted molar refractivity (Wildman–Crippen MR) is 90.1 cm³/mol. The standard InChI is InChI=1S/C18H26N4O2/c1-22-5-3-15(21-22)20-16(23)2-4-19-17(24)18-9-12-6-13(10-18)8-14(7-12)11-18/h3,5,12-14H,2,4,6-11H2,1H3,(H,19,24)(H,20,21,23). The molecule has 1 aromatic rings. The highest BCUT2D eigenvalue weighted by molar-refractivity contribution is 5.90. The second kappa shape index (κ2) is 5.90. The van der Waals surface area contributed by atoms with Gasteiger partial charge in [-0.2, -0.15) is 5.10 Å². The summed E-state index contributed by atoms with van der Waals surface area (Å²) < 4.78 is 1.64. The Kier molecular flexibility index (Phi) is 3.85. The lowest BCUT2D eigenvalue weighted by molar-refractivity contribution is -0.146. The van der Waals surface area contributed by atoms with Crippen molar-refractivity contribution >= 4 is 17.6 Å². The van der Waals surface area contributed by atoms with E-state index in [1.54, 1.807) is 24.0 Å². The number of nitrogens with zero attached hydrogens (tertiary/aromatic N) is 2. The lowest BCUT2D eigenvalue weighted by Gasteiger charge is -2.55. The van der Waals surface area contributed by atoms with Gasteiger partial charge in [-0.3, -0.25) is 14.3 Å². The minimum absolute atomic E-state index is 0.112. The third-order valence-electron chi connectivity index (χ3n) is 6.14. The number of nitrogens with one attached hydrogen (secondary N) is 2. The van der Waals surface area contributed by atoms with Crippen LogP contribution in [0.5, 0.6) is 0 Å². The molecule has 4 fully saturated rings. The first-order chi connectivity index (χ1) is 11.5. The highest BCUT2D eigenvalue weighted by Gasteiger charge is 2.54. The Balaban J connectivity index is 1.27. The summed E-state index contributed by atoms with van der Waals surface area (Å²) in [6, 6.07) is 1.76. The van der Waals surface area contributed by atoms with Crippen LogP contribution < -0.4 is 10.6 Å². The summed E-state index contributed by atoms with van der Waals surface area (Å²) >= 11 is 0. The first-order valence-corrected chi connectivity index (χ1v) is 9.10. The monoisotopic (exact) mass is 330 g/mol. The van der Waals surface area contributed by atoms with Gasteiger partial charge in [0.05, 0.1) is 0 Å². The summed E-state index contributed by atoms with van der Waals surface area (Å²) in [6.07, 6.45) is 9.25. The van der Waals surface area contributed by atoms with Crippen molar-refractivity contribution in [3.63, 3.8) is 0 Å². The average molecular weight is 330 g/mol. The molecule has 6 nitrogen and oxygen atoms in total. The molecule has 2 N–H and O–H groups in total. The molecule has 4 aliphatic carbocycles. The van der Waals surface area contributed by atoms with Gasteiger partial charge in [-0.15, -0.1) is 0 Å². The second-order valence-corrected chi connectivity index (χ2v) is 8.13. The largest absolute Gasteiger partial charge is 0.355 e. The molecule has 0 spiro atoms. The van der Waals surface area contributed by atoms with Gasteiger partial charge in [-0.05, 0) is 56.3 Å². The molecular formula is C18H26N4O2. The van der Waals surface area contributed by atoms with Gasteiger partial charge >= 0.3 is 0 Å². The Bertz CT molecular complexity index is 616. The third-order valence-corrected chi connectivity index (χ3v) is 6.14. The summed E-state index contributed by atoms with van der Waals surface area (Å²) in [5.74, 6) is 2.90. The molecule has 0 radical (unpaired) electrons. The maximum Gasteiger partial charge on any atom is 0.227 e. The SMILES string of the molecule is Cn1ccc(NC(=O)CCNC(=O)C23CC4CC(CC(C4)C2)C3)n1. The summed E-state index contributed by atoms with van der Waals surface area (Å²) in [4.78, 5) is 24.7. The lowest BCUT2D eigenvalue weighted by atomic mass is 9.49. The van der Waals surface area contributed by atoms with E-state index in [0.29, 0.717) is 12.4 Å². The Labute approximate surface area is 142 Å². The van der Waals surface area contributed by atoms with Gasteiger partial charge in [0.25, 0.3) is 0 Å². The van der Waals surface area contributed by atoms with Crippen LogP contribution in [-0.2, 0) is 16.6 Å². The van der Waals surface area contributed by atoms with E-state index in [-0.39, 0.29) is 23.7 Å². The molecule has 0 unspecified atom stereocenters. The zero-order chi connectivity index (χ0) is 16.7. The van der Waals surface area contributed by atoms with Gasteiger partial charge in [0, 0.05) is 37.7 Å². The molecule has 5 rings (SSSR count). The Morgan fingerprint density at radius 2 is 1.83 bits per heavy atom. The normalized spacial score (nSPS) is 33.5. The summed E-state index contributed by atoms with van der Waals surface area (Å²) in [6.45, 7) is 0.402. The third kappa shape index (κ3) is 2.94. The van der Waals surface area contributed by atoms with E-state index in [4.69, 9.17) is 0 Å². The molecule has 4 aliphatic rings. The van der Waals surface area contributed by atoms with Gasteiger partial charge in [0.2, 0.25) is 11.8 Å². The molecule has 6 heteroatoms. The predicted octanol–water partition coefficient (Wildman–Crippen LogP) is 2.08. The summed E-state index contributed by atoms with van der Waals surface area (Å²) in [7, 11) is 1.81. The molecule has 24 heavy (non-hydrogen) atoms. The van der Waals surface area contributed by atoms with Crippen LogP contribution in [0.3, 0.4) is 0 Å². The van der Waals surface area contributed by atoms with Crippen LogP contribution in [0.15, 0.2) is 12.3 Å². The van der Waals surface area contributed by atoms with E-state index >= 15 is 0 Å². The smallest absolute Gasteiger partial charge is 0.227 e. The quantitative estimate of drug-likeness (QED) is 0.868. The fourth-order valence-corrected chi connectivity index (χ4v) is 5.55. The maximum absolute atomic E-state index is 12.8. The average Bonchev–Trinajstić information content (AvgIpc) is 2.90. The van der Waals surface area contributed by atoms with Crippen molar-refractivity contribution in [3.8, 4) is 0 Å². The topological polar surface area (TPSA) is 76.0 Å². The number of carbonyl (C=O) groups excluding carboxylic acids is 2. The molecule has 4 bridgehead atoms. The van der Waals surface area contributed by atoms with Gasteiger partial charge < -0.3 is 10.6 Å². The summed E-state index contributed by atoms with van der Waals surface area (Å²) in [5, 5.41) is 9.90. The van der Waals surface area contributed by atoms with Crippen molar-refractivity contribution in [3.05, 3.63) is 12.3 Å². The molecule has 1 heterocycles. The minimum Gasteiger partial charge on any atom is -0.355 e. The van der Waals surface area contributed by atoms with Crippen molar-refractivity contribution in [2.24, 2.45) is 30.2 Å². The second-order valence-electron chi connectivity index (χ2n) is 8.13. The van der Waals surface area contributed by atoms with Crippen LogP contribution in [0, 0.1) is 23.2 Å². The van der Waals surface area contributed by atoms with Crippen LogP contribution in [0.25, 0.3) is 0 Å². The molecule has 0 saturated heterocycles. The molecule has 0 atom stereocenters. The molecular weight excluding hydrogens is 304 g/mol. The van der Waals surface area contributed by atoms with E-state index in [1.165, 1.54) is 19.3 Å². The highest BCUT2D eigenvalue weighted by Crippen LogP contribution is 2.60. The van der Waals surface area contributed by atoms with Crippen molar-refractivity contribution in [1.82, 2.24) is 15.1 Å². The number of rotatable bonds is 5. The first-order valence-electron chi connectivity index (χ1n) is 9.10. The fraction of sp³-hybridized carbons (Fsp3) is 0.722. The number of aromatic nitrogens is 2. The van der Waals surface area contributed by atoms with Crippen molar-refractivity contribution in [1.29, 1.82) is 0 Å². The lowest BCUT2D eigenvalue weighted by Crippen LogP contribution is -2.53. The van der Waals surface area contributed by atoms with E-state index in [0.717, 1.165) is 37.0 Å². The first kappa shape index (κ1) is 15.7. The van der Waals surface area contributed by atoms with Crippen LogP contribution in [0.2, 0.25) is 0 Å². The number of hydrogen-bond acceptors (Lipinski definition) is 3. The zero-order valence-electron chi connectivity index (χ0n) is 14.3. The van der Waals surface area contributed by atoms with Crippen molar-refractivity contribution in [2.45, 2.75) is 44.9 Å². The van der Waals surface area contributed by atoms with Gasteiger partial charge in [0.1, 0.15) is 0 Å². The molecule has 0 aliphatic heterocycles. The number of anilines is 1.